The van der Waals surface area contributed by atoms with Crippen molar-refractivity contribution < 1.29 is 19.8 Å². The van der Waals surface area contributed by atoms with Gasteiger partial charge in [-0.1, -0.05) is 29.3 Å². The van der Waals surface area contributed by atoms with Crippen molar-refractivity contribution in [2.45, 2.75) is 0 Å². The van der Waals surface area contributed by atoms with E-state index in [1.807, 2.05) is 0 Å². The van der Waals surface area contributed by atoms with E-state index in [0.29, 0.717) is 21.0 Å². The van der Waals surface area contributed by atoms with Gasteiger partial charge in [-0.05, 0) is 30.3 Å². The first-order valence-electron chi connectivity index (χ1n) is 9.22. The minimum Gasteiger partial charge on any atom is -0.477 e. The predicted molar refractivity (Wildman–Crippen MR) is 122 cm³/mol. The molecule has 0 aliphatic heterocycles. The van der Waals surface area contributed by atoms with Crippen molar-refractivity contribution in [1.82, 2.24) is 19.5 Å². The van der Waals surface area contributed by atoms with E-state index in [-0.39, 0.29) is 22.8 Å². The van der Waals surface area contributed by atoms with Crippen molar-refractivity contribution in [2.24, 2.45) is 7.05 Å². The Hall–Kier alpha value is -4.02. The Bertz CT molecular complexity index is 1470. The molecular weight excluding hydrogens is 473 g/mol. The van der Waals surface area contributed by atoms with Crippen LogP contribution in [0.1, 0.15) is 21.0 Å². The molecule has 0 fully saturated rings. The van der Waals surface area contributed by atoms with Crippen LogP contribution in [0, 0.1) is 0 Å². The van der Waals surface area contributed by atoms with E-state index in [1.165, 1.54) is 17.8 Å². The van der Waals surface area contributed by atoms with Crippen molar-refractivity contribution in [1.29, 1.82) is 0 Å². The van der Waals surface area contributed by atoms with E-state index in [2.05, 4.69) is 20.3 Å². The molecule has 0 saturated carbocycles. The molecule has 12 heteroatoms. The fourth-order valence-corrected chi connectivity index (χ4v) is 3.79. The standard InChI is InChI=1S/C21H13Cl2N5O5/c1-28-17-9(5-11(18(28)29)16-12(22)3-2-4-13(16)23)8-24-21(27-17)25-10-6-14(19(30)31)26-15(7-10)20(32)33/h2-8H,1H3,(H,30,31)(H,32,33)(H,24,25,26,27). The molecule has 0 unspecified atom stereocenters. The summed E-state index contributed by atoms with van der Waals surface area (Å²) < 4.78 is 1.30. The molecular formula is C21H13Cl2N5O5. The Morgan fingerprint density at radius 2 is 1.61 bits per heavy atom. The molecule has 3 N–H and O–H groups in total. The fraction of sp³-hybridized carbons (Fsp3) is 0.0476. The highest BCUT2D eigenvalue weighted by Gasteiger charge is 2.17. The summed E-state index contributed by atoms with van der Waals surface area (Å²) in [6.45, 7) is 0. The van der Waals surface area contributed by atoms with E-state index < -0.39 is 28.9 Å². The van der Waals surface area contributed by atoms with Crippen LogP contribution in [-0.2, 0) is 7.05 Å². The predicted octanol–water partition coefficient (Wildman–Crippen LogP) is 3.84. The Labute approximate surface area is 195 Å². The summed E-state index contributed by atoms with van der Waals surface area (Å²) in [5.41, 5.74) is -0.286. The van der Waals surface area contributed by atoms with Crippen LogP contribution in [0.3, 0.4) is 0 Å². The molecule has 0 bridgehead atoms. The van der Waals surface area contributed by atoms with Crippen molar-refractivity contribution >= 4 is 57.8 Å². The van der Waals surface area contributed by atoms with Gasteiger partial charge in [0.2, 0.25) is 5.95 Å². The zero-order valence-electron chi connectivity index (χ0n) is 16.7. The first kappa shape index (κ1) is 22.2. The third-order valence-corrected chi connectivity index (χ3v) is 5.33. The first-order chi connectivity index (χ1) is 15.7. The van der Waals surface area contributed by atoms with Gasteiger partial charge in [-0.15, -0.1) is 0 Å². The first-order valence-corrected chi connectivity index (χ1v) is 9.98. The lowest BCUT2D eigenvalue weighted by Gasteiger charge is -2.12. The second kappa shape index (κ2) is 8.49. The second-order valence-corrected chi connectivity index (χ2v) is 7.67. The third-order valence-electron chi connectivity index (χ3n) is 4.70. The largest absolute Gasteiger partial charge is 0.477 e. The minimum atomic E-state index is -1.39. The number of hydrogen-bond donors (Lipinski definition) is 3. The molecule has 10 nitrogen and oxygen atoms in total. The molecule has 0 amide bonds. The molecule has 0 radical (unpaired) electrons. The van der Waals surface area contributed by atoms with Crippen LogP contribution in [-0.4, -0.2) is 41.7 Å². The average Bonchev–Trinajstić information content (AvgIpc) is 2.77. The number of carboxylic acids is 2. The number of anilines is 2. The highest BCUT2D eigenvalue weighted by Crippen LogP contribution is 2.33. The van der Waals surface area contributed by atoms with Crippen molar-refractivity contribution in [3.8, 4) is 11.1 Å². The third kappa shape index (κ3) is 4.21. The Kier molecular flexibility index (Phi) is 5.71. The summed E-state index contributed by atoms with van der Waals surface area (Å²) in [7, 11) is 1.52. The number of pyridine rings is 2. The number of nitrogens with one attached hydrogen (secondary N) is 1. The summed E-state index contributed by atoms with van der Waals surface area (Å²) in [6.07, 6.45) is 1.45. The number of nitrogens with zero attached hydrogens (tertiary/aromatic N) is 4. The van der Waals surface area contributed by atoms with Crippen LogP contribution in [0.2, 0.25) is 10.0 Å². The number of fused-ring (bicyclic) bond motifs is 1. The molecule has 3 aromatic heterocycles. The van der Waals surface area contributed by atoms with Gasteiger partial charge in [-0.25, -0.2) is 19.6 Å². The number of carbonyl (C=O) groups is 2. The lowest BCUT2D eigenvalue weighted by atomic mass is 10.1. The lowest BCUT2D eigenvalue weighted by molar-refractivity contribution is 0.0685. The quantitative estimate of drug-likeness (QED) is 0.383. The van der Waals surface area contributed by atoms with Gasteiger partial charge in [0.15, 0.2) is 11.4 Å². The highest BCUT2D eigenvalue weighted by molar-refractivity contribution is 6.39. The SMILES string of the molecule is Cn1c(=O)c(-c2c(Cl)cccc2Cl)cc2cnc(Nc3cc(C(=O)O)nc(C(=O)O)c3)nc21. The molecule has 3 heterocycles. The smallest absolute Gasteiger partial charge is 0.354 e. The summed E-state index contributed by atoms with van der Waals surface area (Å²) in [5, 5.41) is 22.3. The number of benzene rings is 1. The Morgan fingerprint density at radius 1 is 1.00 bits per heavy atom. The maximum atomic E-state index is 13.0. The van der Waals surface area contributed by atoms with Gasteiger partial charge in [0.25, 0.3) is 5.56 Å². The number of aromatic carboxylic acids is 2. The zero-order valence-corrected chi connectivity index (χ0v) is 18.2. The number of aromatic nitrogens is 4. The van der Waals surface area contributed by atoms with Crippen LogP contribution in [0.5, 0.6) is 0 Å². The normalized spacial score (nSPS) is 10.9. The number of hydrogen-bond acceptors (Lipinski definition) is 7. The maximum absolute atomic E-state index is 13.0. The molecule has 1 aromatic carbocycles. The van der Waals surface area contributed by atoms with Gasteiger partial charge >= 0.3 is 11.9 Å². The van der Waals surface area contributed by atoms with Gasteiger partial charge in [0.1, 0.15) is 5.65 Å². The summed E-state index contributed by atoms with van der Waals surface area (Å²) in [4.78, 5) is 47.6. The Balaban J connectivity index is 1.81. The van der Waals surface area contributed by atoms with E-state index in [9.17, 15) is 24.6 Å². The number of aryl methyl sites for hydroxylation is 1. The lowest BCUT2D eigenvalue weighted by Crippen LogP contribution is -2.20. The van der Waals surface area contributed by atoms with Crippen molar-refractivity contribution in [2.75, 3.05) is 5.32 Å². The van der Waals surface area contributed by atoms with Gasteiger partial charge in [0, 0.05) is 29.9 Å². The van der Waals surface area contributed by atoms with Gasteiger partial charge in [-0.2, -0.15) is 4.98 Å². The van der Waals surface area contributed by atoms with Crippen LogP contribution < -0.4 is 10.9 Å². The van der Waals surface area contributed by atoms with Gasteiger partial charge < -0.3 is 15.5 Å². The molecule has 0 saturated heterocycles. The summed E-state index contributed by atoms with van der Waals surface area (Å²) >= 11 is 12.5. The minimum absolute atomic E-state index is 0.0138. The van der Waals surface area contributed by atoms with Crippen LogP contribution in [0.4, 0.5) is 11.6 Å². The molecule has 0 spiro atoms. The Morgan fingerprint density at radius 3 is 2.18 bits per heavy atom. The topological polar surface area (TPSA) is 147 Å². The highest BCUT2D eigenvalue weighted by atomic mass is 35.5. The molecule has 0 aliphatic rings. The van der Waals surface area contributed by atoms with Gasteiger partial charge in [-0.3, -0.25) is 9.36 Å². The number of rotatable bonds is 5. The molecule has 0 aliphatic carbocycles. The second-order valence-electron chi connectivity index (χ2n) is 6.85. The molecule has 0 atom stereocenters. The molecule has 33 heavy (non-hydrogen) atoms. The number of halogens is 2. The van der Waals surface area contributed by atoms with Gasteiger partial charge in [0.05, 0.1) is 15.6 Å². The van der Waals surface area contributed by atoms with Crippen LogP contribution in [0.15, 0.2) is 47.4 Å². The van der Waals surface area contributed by atoms with Crippen LogP contribution >= 0.6 is 23.2 Å². The van der Waals surface area contributed by atoms with E-state index in [4.69, 9.17) is 23.2 Å². The van der Waals surface area contributed by atoms with E-state index in [1.54, 1.807) is 24.3 Å². The van der Waals surface area contributed by atoms with E-state index in [0.717, 1.165) is 12.1 Å². The maximum Gasteiger partial charge on any atom is 0.354 e. The molecule has 4 rings (SSSR count). The molecule has 4 aromatic rings. The summed E-state index contributed by atoms with van der Waals surface area (Å²) in [6, 6.07) is 8.79. The monoisotopic (exact) mass is 485 g/mol. The van der Waals surface area contributed by atoms with Crippen LogP contribution in [0.25, 0.3) is 22.2 Å². The van der Waals surface area contributed by atoms with E-state index >= 15 is 0 Å². The zero-order chi connectivity index (χ0) is 23.9. The van der Waals surface area contributed by atoms with Crippen molar-refractivity contribution in [3.63, 3.8) is 0 Å². The summed E-state index contributed by atoms with van der Waals surface area (Å²) in [5.74, 6) is -2.78. The van der Waals surface area contributed by atoms with Crippen molar-refractivity contribution in [3.05, 3.63) is 74.4 Å². The average molecular weight is 486 g/mol. The molecule has 166 valence electrons. The number of carboxylic acid groups (broad SMARTS) is 2. The fourth-order valence-electron chi connectivity index (χ4n) is 3.19.